The number of hydrogen-bond acceptors (Lipinski definition) is 8. The summed E-state index contributed by atoms with van der Waals surface area (Å²) in [5.41, 5.74) is 11.0. The first-order chi connectivity index (χ1) is 21.6. The molecule has 0 unspecified atom stereocenters. The summed E-state index contributed by atoms with van der Waals surface area (Å²) in [5.74, 6) is 4.52. The molecule has 2 N–H and O–H groups in total. The van der Waals surface area contributed by atoms with Crippen LogP contribution in [-0.2, 0) is 0 Å². The van der Waals surface area contributed by atoms with Crippen LogP contribution in [0.1, 0.15) is 47.1 Å². The Bertz CT molecular complexity index is 1650. The number of likely N-dealkylation sites (N-methyl/N-ethyl adjacent to an activating group) is 1. The topological polar surface area (TPSA) is 78.4 Å². The highest BCUT2D eigenvalue weighted by molar-refractivity contribution is 6.90. The molecule has 1 aliphatic rings. The minimum atomic E-state index is -1.93. The van der Waals surface area contributed by atoms with Crippen molar-refractivity contribution < 1.29 is 4.74 Å². The molecule has 236 valence electrons. The molecule has 0 saturated carbocycles. The predicted octanol–water partition coefficient (Wildman–Crippen LogP) is 7.84. The standard InChI is InChI=1S/C36H47N7OSi/c1-25(2)45(26(3)4,27(5)6)21-16-28-22-34(44-8)40-35-31(28)24-37-36(41-35)39-30-14-15-33(43-19-17-42(7)18-20-43)32(23-30)38-29-12-10-9-11-13-29/h9-15,22-27,38H,17-20H2,1-8H3,(H,37,39,40,41). The van der Waals surface area contributed by atoms with Gasteiger partial charge in [-0.1, -0.05) is 65.7 Å². The van der Waals surface area contributed by atoms with E-state index in [1.54, 1.807) is 7.11 Å². The lowest BCUT2D eigenvalue weighted by Gasteiger charge is -2.38. The van der Waals surface area contributed by atoms with Crippen molar-refractivity contribution in [2.45, 2.75) is 58.2 Å². The lowest BCUT2D eigenvalue weighted by Crippen LogP contribution is -2.44. The van der Waals surface area contributed by atoms with E-state index in [1.807, 2.05) is 30.5 Å². The fourth-order valence-electron chi connectivity index (χ4n) is 6.71. The molecule has 1 saturated heterocycles. The first-order valence-electron chi connectivity index (χ1n) is 16.0. The summed E-state index contributed by atoms with van der Waals surface area (Å²) in [6.45, 7) is 18.0. The second-order valence-corrected chi connectivity index (χ2v) is 18.5. The number of benzene rings is 2. The van der Waals surface area contributed by atoms with Gasteiger partial charge >= 0.3 is 0 Å². The largest absolute Gasteiger partial charge is 0.481 e. The highest BCUT2D eigenvalue weighted by Crippen LogP contribution is 2.41. The molecule has 0 amide bonds. The average Bonchev–Trinajstić information content (AvgIpc) is 3.01. The van der Waals surface area contributed by atoms with E-state index in [2.05, 4.69) is 116 Å². The molecule has 3 heterocycles. The van der Waals surface area contributed by atoms with Gasteiger partial charge in [-0.05, 0) is 54.0 Å². The summed E-state index contributed by atoms with van der Waals surface area (Å²) >= 11 is 0. The molecule has 45 heavy (non-hydrogen) atoms. The number of ether oxygens (including phenoxy) is 1. The van der Waals surface area contributed by atoms with Gasteiger partial charge in [-0.15, -0.1) is 5.54 Å². The van der Waals surface area contributed by atoms with Crippen LogP contribution in [0.2, 0.25) is 16.6 Å². The van der Waals surface area contributed by atoms with Crippen LogP contribution >= 0.6 is 0 Å². The molecule has 0 spiro atoms. The maximum Gasteiger partial charge on any atom is 0.229 e. The maximum absolute atomic E-state index is 5.58. The van der Waals surface area contributed by atoms with Gasteiger partial charge in [0.25, 0.3) is 0 Å². The van der Waals surface area contributed by atoms with Gasteiger partial charge in [0, 0.05) is 55.4 Å². The van der Waals surface area contributed by atoms with E-state index in [0.717, 1.165) is 54.2 Å². The van der Waals surface area contributed by atoms with Crippen molar-refractivity contribution >= 4 is 47.8 Å². The number of fused-ring (bicyclic) bond motifs is 1. The molecule has 0 aliphatic carbocycles. The molecule has 8 nitrogen and oxygen atoms in total. The number of hydrogen-bond donors (Lipinski definition) is 2. The van der Waals surface area contributed by atoms with Gasteiger partial charge in [-0.3, -0.25) is 0 Å². The van der Waals surface area contributed by atoms with Gasteiger partial charge in [0.1, 0.15) is 8.07 Å². The van der Waals surface area contributed by atoms with Crippen LogP contribution in [0.15, 0.2) is 60.8 Å². The summed E-state index contributed by atoms with van der Waals surface area (Å²) in [4.78, 5) is 19.0. The SMILES string of the molecule is COc1cc(C#C[Si](C(C)C)(C(C)C)C(C)C)c2cnc(Nc3ccc(N4CCN(C)CC4)c(Nc4ccccc4)c3)nc2n1. The first-order valence-corrected chi connectivity index (χ1v) is 18.3. The summed E-state index contributed by atoms with van der Waals surface area (Å²) in [6.07, 6.45) is 1.83. The maximum atomic E-state index is 5.58. The minimum Gasteiger partial charge on any atom is -0.481 e. The zero-order valence-electron chi connectivity index (χ0n) is 28.0. The molecule has 0 atom stereocenters. The molecular weight excluding hydrogens is 575 g/mol. The minimum absolute atomic E-state index is 0.468. The Kier molecular flexibility index (Phi) is 9.95. The van der Waals surface area contributed by atoms with E-state index < -0.39 is 8.07 Å². The van der Waals surface area contributed by atoms with Crippen molar-refractivity contribution in [3.05, 3.63) is 66.4 Å². The van der Waals surface area contributed by atoms with Crippen molar-refractivity contribution in [2.75, 3.05) is 55.9 Å². The third-order valence-corrected chi connectivity index (χ3v) is 15.5. The third-order valence-electron chi connectivity index (χ3n) is 9.18. The van der Waals surface area contributed by atoms with Crippen molar-refractivity contribution in [1.29, 1.82) is 0 Å². The molecule has 2 aromatic heterocycles. The molecule has 5 rings (SSSR count). The second kappa shape index (κ2) is 13.9. The normalized spacial score (nSPS) is 14.2. The fourth-order valence-corrected chi connectivity index (χ4v) is 11.9. The molecule has 2 aromatic carbocycles. The Labute approximate surface area is 269 Å². The third kappa shape index (κ3) is 7.08. The van der Waals surface area contributed by atoms with Crippen LogP contribution < -0.4 is 20.3 Å². The number of nitrogens with one attached hydrogen (secondary N) is 2. The smallest absolute Gasteiger partial charge is 0.229 e. The van der Waals surface area contributed by atoms with Crippen molar-refractivity contribution in [3.63, 3.8) is 0 Å². The predicted molar refractivity (Wildman–Crippen MR) is 191 cm³/mol. The van der Waals surface area contributed by atoms with Crippen LogP contribution in [0.25, 0.3) is 11.0 Å². The van der Waals surface area contributed by atoms with Gasteiger partial charge in [0.05, 0.1) is 23.9 Å². The number of methoxy groups -OCH3 is 1. The molecule has 0 bridgehead atoms. The Hall–Kier alpha value is -4.13. The van der Waals surface area contributed by atoms with E-state index in [0.29, 0.717) is 34.1 Å². The molecule has 0 radical (unpaired) electrons. The average molecular weight is 622 g/mol. The summed E-state index contributed by atoms with van der Waals surface area (Å²) in [6, 6.07) is 18.6. The van der Waals surface area contributed by atoms with E-state index in [9.17, 15) is 0 Å². The molecule has 1 aliphatic heterocycles. The van der Waals surface area contributed by atoms with Gasteiger partial charge < -0.3 is 25.2 Å². The lowest BCUT2D eigenvalue weighted by molar-refractivity contribution is 0.313. The quantitative estimate of drug-likeness (QED) is 0.145. The second-order valence-electron chi connectivity index (χ2n) is 12.9. The Morgan fingerprint density at radius 3 is 2.16 bits per heavy atom. The van der Waals surface area contributed by atoms with Crippen LogP contribution in [-0.4, -0.2) is 68.3 Å². The number of piperazine rings is 1. The number of anilines is 5. The monoisotopic (exact) mass is 621 g/mol. The highest BCUT2D eigenvalue weighted by Gasteiger charge is 2.41. The van der Waals surface area contributed by atoms with E-state index >= 15 is 0 Å². The summed E-state index contributed by atoms with van der Waals surface area (Å²) in [7, 11) is 1.88. The Morgan fingerprint density at radius 1 is 0.822 bits per heavy atom. The van der Waals surface area contributed by atoms with Crippen molar-refractivity contribution in [1.82, 2.24) is 19.9 Å². The first kappa shape index (κ1) is 32.3. The Morgan fingerprint density at radius 2 is 1.51 bits per heavy atom. The van der Waals surface area contributed by atoms with Gasteiger partial charge in [-0.2, -0.15) is 9.97 Å². The number of para-hydroxylation sites is 1. The number of pyridine rings is 1. The Balaban J connectivity index is 1.49. The van der Waals surface area contributed by atoms with Crippen LogP contribution in [0, 0.1) is 11.5 Å². The zero-order chi connectivity index (χ0) is 32.1. The molecule has 4 aromatic rings. The van der Waals surface area contributed by atoms with Gasteiger partial charge in [-0.25, -0.2) is 4.98 Å². The van der Waals surface area contributed by atoms with E-state index in [1.165, 1.54) is 5.69 Å². The van der Waals surface area contributed by atoms with Crippen molar-refractivity contribution in [3.8, 4) is 17.3 Å². The van der Waals surface area contributed by atoms with E-state index in [-0.39, 0.29) is 0 Å². The van der Waals surface area contributed by atoms with Crippen molar-refractivity contribution in [2.24, 2.45) is 0 Å². The number of aromatic nitrogens is 3. The van der Waals surface area contributed by atoms with Gasteiger partial charge in [0.15, 0.2) is 5.65 Å². The van der Waals surface area contributed by atoms with Crippen LogP contribution in [0.4, 0.5) is 28.7 Å². The molecule has 1 fully saturated rings. The molecular formula is C36H47N7OSi. The highest BCUT2D eigenvalue weighted by atomic mass is 28.3. The molecule has 9 heteroatoms. The number of nitrogens with zero attached hydrogens (tertiary/aromatic N) is 5. The summed E-state index contributed by atoms with van der Waals surface area (Å²) < 4.78 is 5.58. The van der Waals surface area contributed by atoms with Crippen LogP contribution in [0.5, 0.6) is 5.88 Å². The summed E-state index contributed by atoms with van der Waals surface area (Å²) in [5, 5.41) is 7.87. The number of rotatable bonds is 9. The fraction of sp³-hybridized carbons (Fsp3) is 0.417. The van der Waals surface area contributed by atoms with Gasteiger partial charge in [0.2, 0.25) is 11.8 Å². The van der Waals surface area contributed by atoms with E-state index in [4.69, 9.17) is 14.7 Å². The zero-order valence-corrected chi connectivity index (χ0v) is 29.0. The lowest BCUT2D eigenvalue weighted by atomic mass is 10.1. The van der Waals surface area contributed by atoms with Crippen LogP contribution in [0.3, 0.4) is 0 Å².